The summed E-state index contributed by atoms with van der Waals surface area (Å²) in [4.78, 5) is 5.26. The molecule has 2 unspecified atom stereocenters. The molecule has 3 saturated heterocycles. The van der Waals surface area contributed by atoms with E-state index in [4.69, 9.17) is 0 Å². The molecule has 16 heavy (non-hydrogen) atoms. The molecular formula is C13H25N3. The average Bonchev–Trinajstić information content (AvgIpc) is 2.69. The van der Waals surface area contributed by atoms with E-state index < -0.39 is 0 Å². The van der Waals surface area contributed by atoms with Gasteiger partial charge in [-0.3, -0.25) is 4.90 Å². The maximum atomic E-state index is 3.83. The van der Waals surface area contributed by atoms with Crippen molar-refractivity contribution in [2.24, 2.45) is 5.92 Å². The van der Waals surface area contributed by atoms with Crippen molar-refractivity contribution in [1.29, 1.82) is 0 Å². The Morgan fingerprint density at radius 2 is 2.06 bits per heavy atom. The van der Waals surface area contributed by atoms with Crippen LogP contribution in [0.1, 0.15) is 26.2 Å². The molecule has 0 amide bonds. The van der Waals surface area contributed by atoms with Crippen molar-refractivity contribution < 1.29 is 0 Å². The summed E-state index contributed by atoms with van der Waals surface area (Å²) >= 11 is 0. The topological polar surface area (TPSA) is 18.5 Å². The predicted octanol–water partition coefficient (Wildman–Crippen LogP) is 0.763. The first-order chi connectivity index (χ1) is 7.75. The van der Waals surface area contributed by atoms with Crippen molar-refractivity contribution in [2.45, 2.75) is 44.3 Å². The Hall–Kier alpha value is -0.120. The molecule has 1 N–H and O–H groups in total. The Morgan fingerprint density at radius 1 is 1.19 bits per heavy atom. The second-order valence-corrected chi connectivity index (χ2v) is 6.00. The predicted molar refractivity (Wildman–Crippen MR) is 66.6 cm³/mol. The van der Waals surface area contributed by atoms with Crippen LogP contribution in [0.5, 0.6) is 0 Å². The lowest BCUT2D eigenvalue weighted by Crippen LogP contribution is -2.52. The molecule has 3 nitrogen and oxygen atoms in total. The van der Waals surface area contributed by atoms with Crippen LogP contribution in [-0.4, -0.2) is 61.2 Å². The monoisotopic (exact) mass is 223 g/mol. The van der Waals surface area contributed by atoms with Crippen LogP contribution in [-0.2, 0) is 0 Å². The van der Waals surface area contributed by atoms with Gasteiger partial charge in [0.25, 0.3) is 0 Å². The molecule has 4 atom stereocenters. The van der Waals surface area contributed by atoms with E-state index in [9.17, 15) is 0 Å². The zero-order valence-corrected chi connectivity index (χ0v) is 10.7. The number of rotatable bonds is 0. The zero-order valence-electron chi connectivity index (χ0n) is 10.7. The van der Waals surface area contributed by atoms with Gasteiger partial charge in [0, 0.05) is 31.2 Å². The number of hydrogen-bond donors (Lipinski definition) is 1. The molecule has 0 aromatic rings. The van der Waals surface area contributed by atoms with Crippen LogP contribution in [0.4, 0.5) is 0 Å². The lowest BCUT2D eigenvalue weighted by Gasteiger charge is -2.40. The number of likely N-dealkylation sites (N-methyl/N-ethyl adjacent to an activating group) is 1. The molecule has 0 bridgehead atoms. The van der Waals surface area contributed by atoms with Crippen molar-refractivity contribution in [3.63, 3.8) is 0 Å². The lowest BCUT2D eigenvalue weighted by molar-refractivity contribution is 0.102. The highest BCUT2D eigenvalue weighted by Gasteiger charge is 2.40. The second kappa shape index (κ2) is 4.28. The van der Waals surface area contributed by atoms with Gasteiger partial charge in [-0.05, 0) is 52.2 Å². The van der Waals surface area contributed by atoms with Gasteiger partial charge in [0.15, 0.2) is 0 Å². The molecular weight excluding hydrogens is 198 g/mol. The van der Waals surface area contributed by atoms with Gasteiger partial charge in [0.1, 0.15) is 0 Å². The molecule has 0 radical (unpaired) electrons. The van der Waals surface area contributed by atoms with Crippen LogP contribution >= 0.6 is 0 Å². The molecule has 0 aromatic carbocycles. The van der Waals surface area contributed by atoms with Gasteiger partial charge in [0.2, 0.25) is 0 Å². The number of likely N-dealkylation sites (tertiary alicyclic amines) is 1. The minimum Gasteiger partial charge on any atom is -0.311 e. The largest absolute Gasteiger partial charge is 0.311 e. The molecule has 0 spiro atoms. The highest BCUT2D eigenvalue weighted by atomic mass is 15.3. The molecule has 92 valence electrons. The molecule has 3 heteroatoms. The maximum Gasteiger partial charge on any atom is 0.0239 e. The Labute approximate surface area is 99.2 Å². The summed E-state index contributed by atoms with van der Waals surface area (Å²) in [7, 11) is 2.26. The average molecular weight is 223 g/mol. The van der Waals surface area contributed by atoms with E-state index in [0.717, 1.165) is 24.0 Å². The molecule has 3 rings (SSSR count). The van der Waals surface area contributed by atoms with Crippen LogP contribution in [0.2, 0.25) is 0 Å². The third-order valence-electron chi connectivity index (χ3n) is 5.05. The number of nitrogens with one attached hydrogen (secondary N) is 1. The first kappa shape index (κ1) is 11.0. The number of fused-ring (bicyclic) bond motifs is 2. The van der Waals surface area contributed by atoms with Crippen LogP contribution in [0.15, 0.2) is 0 Å². The number of hydrogen-bond acceptors (Lipinski definition) is 3. The highest BCUT2D eigenvalue weighted by molar-refractivity contribution is 4.98. The molecule has 0 saturated carbocycles. The van der Waals surface area contributed by atoms with Crippen molar-refractivity contribution in [3.05, 3.63) is 0 Å². The summed E-state index contributed by atoms with van der Waals surface area (Å²) in [5.74, 6) is 0.874. The van der Waals surface area contributed by atoms with Gasteiger partial charge in [-0.1, -0.05) is 0 Å². The summed E-state index contributed by atoms with van der Waals surface area (Å²) in [5, 5.41) is 3.83. The summed E-state index contributed by atoms with van der Waals surface area (Å²) in [6.45, 7) is 7.56. The Kier molecular flexibility index (Phi) is 2.94. The van der Waals surface area contributed by atoms with Crippen LogP contribution in [0.25, 0.3) is 0 Å². The lowest BCUT2D eigenvalue weighted by atomic mass is 9.86. The summed E-state index contributed by atoms with van der Waals surface area (Å²) in [6.07, 6.45) is 4.19. The van der Waals surface area contributed by atoms with Gasteiger partial charge >= 0.3 is 0 Å². The first-order valence-corrected chi connectivity index (χ1v) is 6.93. The third kappa shape index (κ3) is 1.79. The quantitative estimate of drug-likeness (QED) is 0.654. The second-order valence-electron chi connectivity index (χ2n) is 6.00. The van der Waals surface area contributed by atoms with Crippen molar-refractivity contribution >= 4 is 0 Å². The Morgan fingerprint density at radius 3 is 2.94 bits per heavy atom. The SMILES string of the molecule is C[C@H]1[C@@H]2CCN(C)CC2NCC2CCCN21. The molecule has 3 aliphatic rings. The van der Waals surface area contributed by atoms with E-state index in [-0.39, 0.29) is 0 Å². The van der Waals surface area contributed by atoms with Gasteiger partial charge in [-0.2, -0.15) is 0 Å². The summed E-state index contributed by atoms with van der Waals surface area (Å²) in [6, 6.07) is 2.35. The molecule has 3 aliphatic heterocycles. The van der Waals surface area contributed by atoms with Crippen LogP contribution in [0, 0.1) is 5.92 Å². The minimum atomic E-state index is 0.736. The Balaban J connectivity index is 1.77. The standard InChI is InChI=1S/C13H25N3/c1-10-12-5-7-15(2)9-13(12)14-8-11-4-3-6-16(10)11/h10-14H,3-9H2,1-2H3/t10-,11?,12-,13?/m0/s1. The molecule has 3 fully saturated rings. The number of piperidine rings is 1. The molecule has 0 aliphatic carbocycles. The molecule has 3 heterocycles. The maximum absolute atomic E-state index is 3.83. The minimum absolute atomic E-state index is 0.736. The summed E-state index contributed by atoms with van der Waals surface area (Å²) < 4.78 is 0. The van der Waals surface area contributed by atoms with Crippen molar-refractivity contribution in [1.82, 2.24) is 15.1 Å². The Bertz CT molecular complexity index is 256. The fourth-order valence-corrected chi connectivity index (χ4v) is 4.07. The van der Waals surface area contributed by atoms with E-state index in [1.54, 1.807) is 0 Å². The normalized spacial score (nSPS) is 46.1. The fraction of sp³-hybridized carbons (Fsp3) is 1.00. The van der Waals surface area contributed by atoms with Crippen LogP contribution in [0.3, 0.4) is 0 Å². The number of nitrogens with zero attached hydrogens (tertiary/aromatic N) is 2. The molecule has 0 aromatic heterocycles. The van der Waals surface area contributed by atoms with Crippen molar-refractivity contribution in [2.75, 3.05) is 33.2 Å². The van der Waals surface area contributed by atoms with Gasteiger partial charge in [-0.25, -0.2) is 0 Å². The van der Waals surface area contributed by atoms with E-state index in [1.165, 1.54) is 45.4 Å². The van der Waals surface area contributed by atoms with Crippen LogP contribution < -0.4 is 5.32 Å². The first-order valence-electron chi connectivity index (χ1n) is 6.93. The van der Waals surface area contributed by atoms with E-state index in [2.05, 4.69) is 29.1 Å². The highest BCUT2D eigenvalue weighted by Crippen LogP contribution is 2.31. The van der Waals surface area contributed by atoms with E-state index in [1.807, 2.05) is 0 Å². The van der Waals surface area contributed by atoms with Gasteiger partial charge < -0.3 is 10.2 Å². The van der Waals surface area contributed by atoms with Gasteiger partial charge in [-0.15, -0.1) is 0 Å². The third-order valence-corrected chi connectivity index (χ3v) is 5.05. The van der Waals surface area contributed by atoms with Gasteiger partial charge in [0.05, 0.1) is 0 Å². The van der Waals surface area contributed by atoms with Crippen molar-refractivity contribution in [3.8, 4) is 0 Å². The zero-order chi connectivity index (χ0) is 11.1. The van der Waals surface area contributed by atoms with E-state index >= 15 is 0 Å². The van der Waals surface area contributed by atoms with E-state index in [0.29, 0.717) is 0 Å². The fourth-order valence-electron chi connectivity index (χ4n) is 4.07. The smallest absolute Gasteiger partial charge is 0.0239 e. The summed E-state index contributed by atoms with van der Waals surface area (Å²) in [5.41, 5.74) is 0.